The maximum Gasteiger partial charge on any atom is 0.123 e. The van der Waals surface area contributed by atoms with Gasteiger partial charge in [-0.2, -0.15) is 0 Å². The minimum atomic E-state index is -0.324. The Morgan fingerprint density at radius 1 is 1.37 bits per heavy atom. The Morgan fingerprint density at radius 3 is 2.74 bits per heavy atom. The second-order valence-corrected chi connectivity index (χ2v) is 4.90. The van der Waals surface area contributed by atoms with Crippen LogP contribution in [0.3, 0.4) is 0 Å². The first-order valence-corrected chi connectivity index (χ1v) is 6.67. The molecule has 1 saturated heterocycles. The first-order chi connectivity index (χ1) is 9.17. The number of aliphatic hydroxyl groups excluding tert-OH is 1. The Bertz CT molecular complexity index is 417. The molecule has 0 aliphatic carbocycles. The quantitative estimate of drug-likeness (QED) is 0.706. The summed E-state index contributed by atoms with van der Waals surface area (Å²) in [6.07, 6.45) is 1.56. The predicted octanol–water partition coefficient (Wildman–Crippen LogP) is 1.62. The van der Waals surface area contributed by atoms with Crippen LogP contribution in [0.4, 0.5) is 11.4 Å². The van der Waals surface area contributed by atoms with Crippen molar-refractivity contribution in [2.24, 2.45) is 0 Å². The molecule has 1 aromatic rings. The molecule has 0 aromatic heterocycles. The number of aliphatic hydroxyl groups is 1. The molecule has 2 rings (SSSR count). The fraction of sp³-hybridized carbons (Fsp3) is 0.571. The summed E-state index contributed by atoms with van der Waals surface area (Å²) in [4.78, 5) is 0. The zero-order valence-corrected chi connectivity index (χ0v) is 11.3. The van der Waals surface area contributed by atoms with Gasteiger partial charge in [-0.15, -0.1) is 0 Å². The molecule has 1 aliphatic heterocycles. The summed E-state index contributed by atoms with van der Waals surface area (Å²) in [6.45, 7) is 3.93. The lowest BCUT2D eigenvalue weighted by Gasteiger charge is -2.37. The monoisotopic (exact) mass is 266 g/mol. The maximum atomic E-state index is 9.66. The molecular weight excluding hydrogens is 244 g/mol. The van der Waals surface area contributed by atoms with Crippen LogP contribution >= 0.6 is 0 Å². The number of rotatable bonds is 5. The van der Waals surface area contributed by atoms with Crippen LogP contribution in [0.15, 0.2) is 18.2 Å². The van der Waals surface area contributed by atoms with Gasteiger partial charge in [0.05, 0.1) is 18.8 Å². The second-order valence-electron chi connectivity index (χ2n) is 4.90. The summed E-state index contributed by atoms with van der Waals surface area (Å²) in [6, 6.07) is 5.56. The molecule has 1 heterocycles. The van der Waals surface area contributed by atoms with Gasteiger partial charge >= 0.3 is 0 Å². The van der Waals surface area contributed by atoms with Crippen molar-refractivity contribution in [3.8, 4) is 5.75 Å². The fourth-order valence-electron chi connectivity index (χ4n) is 2.34. The van der Waals surface area contributed by atoms with Crippen molar-refractivity contribution in [2.75, 3.05) is 37.5 Å². The van der Waals surface area contributed by atoms with Gasteiger partial charge in [-0.25, -0.2) is 0 Å². The zero-order valence-electron chi connectivity index (χ0n) is 11.3. The molecule has 0 atom stereocenters. The van der Waals surface area contributed by atoms with Crippen LogP contribution in [0.5, 0.6) is 5.75 Å². The van der Waals surface area contributed by atoms with Gasteiger partial charge in [-0.05, 0) is 25.8 Å². The molecule has 0 spiro atoms. The molecule has 0 radical (unpaired) electrons. The standard InChI is InChI=1S/C14H22N2O3/c1-2-19-13-8-11(15)7-12(9-13)16-14(10-17)3-5-18-6-4-14/h7-9,16-17H,2-6,10,15H2,1H3. The van der Waals surface area contributed by atoms with Gasteiger partial charge in [-0.1, -0.05) is 0 Å². The van der Waals surface area contributed by atoms with E-state index in [0.29, 0.717) is 25.5 Å². The lowest BCUT2D eigenvalue weighted by atomic mass is 9.90. The molecule has 5 nitrogen and oxygen atoms in total. The van der Waals surface area contributed by atoms with Crippen molar-refractivity contribution in [1.29, 1.82) is 0 Å². The highest BCUT2D eigenvalue weighted by Gasteiger charge is 2.31. The van der Waals surface area contributed by atoms with Crippen LogP contribution in [0.2, 0.25) is 0 Å². The minimum absolute atomic E-state index is 0.0785. The minimum Gasteiger partial charge on any atom is -0.494 e. The van der Waals surface area contributed by atoms with Crippen LogP contribution in [-0.4, -0.2) is 37.1 Å². The van der Waals surface area contributed by atoms with Gasteiger partial charge in [-0.3, -0.25) is 0 Å². The summed E-state index contributed by atoms with van der Waals surface area (Å²) < 4.78 is 10.8. The van der Waals surface area contributed by atoms with Crippen LogP contribution in [-0.2, 0) is 4.74 Å². The molecule has 0 bridgehead atoms. The molecule has 1 aromatic carbocycles. The first-order valence-electron chi connectivity index (χ1n) is 6.67. The summed E-state index contributed by atoms with van der Waals surface area (Å²) in [5.41, 5.74) is 7.07. The van der Waals surface area contributed by atoms with E-state index in [1.807, 2.05) is 19.1 Å². The fourth-order valence-corrected chi connectivity index (χ4v) is 2.34. The number of benzene rings is 1. The molecule has 0 amide bonds. The Kier molecular flexibility index (Phi) is 4.50. The van der Waals surface area contributed by atoms with E-state index in [1.54, 1.807) is 6.07 Å². The number of nitrogens with two attached hydrogens (primary N) is 1. The van der Waals surface area contributed by atoms with Gasteiger partial charge in [0, 0.05) is 36.7 Å². The van der Waals surface area contributed by atoms with Crippen LogP contribution < -0.4 is 15.8 Å². The van der Waals surface area contributed by atoms with E-state index in [0.717, 1.165) is 24.3 Å². The normalized spacial score (nSPS) is 18.0. The number of hydrogen-bond donors (Lipinski definition) is 3. The van der Waals surface area contributed by atoms with Crippen LogP contribution in [0.25, 0.3) is 0 Å². The molecular formula is C14H22N2O3. The second kappa shape index (κ2) is 6.12. The van der Waals surface area contributed by atoms with Gasteiger partial charge in [0.15, 0.2) is 0 Å². The van der Waals surface area contributed by atoms with Crippen molar-refractivity contribution >= 4 is 11.4 Å². The van der Waals surface area contributed by atoms with E-state index >= 15 is 0 Å². The molecule has 1 aliphatic rings. The first kappa shape index (κ1) is 14.0. The summed E-state index contributed by atoms with van der Waals surface area (Å²) in [5.74, 6) is 0.741. The van der Waals surface area contributed by atoms with E-state index in [4.69, 9.17) is 15.2 Å². The third kappa shape index (κ3) is 3.52. The highest BCUT2D eigenvalue weighted by atomic mass is 16.5. The van der Waals surface area contributed by atoms with Crippen molar-refractivity contribution in [3.63, 3.8) is 0 Å². The van der Waals surface area contributed by atoms with Crippen molar-refractivity contribution in [2.45, 2.75) is 25.3 Å². The van der Waals surface area contributed by atoms with E-state index in [9.17, 15) is 5.11 Å². The molecule has 0 saturated carbocycles. The number of nitrogens with one attached hydrogen (secondary N) is 1. The summed E-state index contributed by atoms with van der Waals surface area (Å²) >= 11 is 0. The number of ether oxygens (including phenoxy) is 2. The third-order valence-corrected chi connectivity index (χ3v) is 3.40. The number of nitrogen functional groups attached to an aromatic ring is 1. The molecule has 19 heavy (non-hydrogen) atoms. The molecule has 1 fully saturated rings. The average molecular weight is 266 g/mol. The lowest BCUT2D eigenvalue weighted by molar-refractivity contribution is 0.0380. The van der Waals surface area contributed by atoms with Gasteiger partial charge in [0.2, 0.25) is 0 Å². The third-order valence-electron chi connectivity index (χ3n) is 3.40. The molecule has 0 unspecified atom stereocenters. The van der Waals surface area contributed by atoms with Crippen molar-refractivity contribution in [1.82, 2.24) is 0 Å². The highest BCUT2D eigenvalue weighted by molar-refractivity contribution is 5.60. The lowest BCUT2D eigenvalue weighted by Crippen LogP contribution is -2.46. The highest BCUT2D eigenvalue weighted by Crippen LogP contribution is 2.29. The van der Waals surface area contributed by atoms with E-state index in [2.05, 4.69) is 5.32 Å². The average Bonchev–Trinajstić information content (AvgIpc) is 2.39. The molecule has 4 N–H and O–H groups in total. The molecule has 5 heteroatoms. The Labute approximate surface area is 113 Å². The van der Waals surface area contributed by atoms with E-state index in [1.165, 1.54) is 0 Å². The van der Waals surface area contributed by atoms with E-state index < -0.39 is 0 Å². The van der Waals surface area contributed by atoms with Crippen molar-refractivity contribution < 1.29 is 14.6 Å². The number of anilines is 2. The van der Waals surface area contributed by atoms with Crippen LogP contribution in [0, 0.1) is 0 Å². The Balaban J connectivity index is 2.16. The van der Waals surface area contributed by atoms with Crippen LogP contribution in [0.1, 0.15) is 19.8 Å². The smallest absolute Gasteiger partial charge is 0.123 e. The Hall–Kier alpha value is -1.46. The SMILES string of the molecule is CCOc1cc(N)cc(NC2(CO)CCOCC2)c1. The summed E-state index contributed by atoms with van der Waals surface area (Å²) in [5, 5.41) is 13.1. The molecule has 106 valence electrons. The summed E-state index contributed by atoms with van der Waals surface area (Å²) in [7, 11) is 0. The largest absolute Gasteiger partial charge is 0.494 e. The van der Waals surface area contributed by atoms with Gasteiger partial charge in [0.25, 0.3) is 0 Å². The van der Waals surface area contributed by atoms with E-state index in [-0.39, 0.29) is 12.1 Å². The Morgan fingerprint density at radius 2 is 2.11 bits per heavy atom. The van der Waals surface area contributed by atoms with Gasteiger partial charge < -0.3 is 25.6 Å². The number of hydrogen-bond acceptors (Lipinski definition) is 5. The zero-order chi connectivity index (χ0) is 13.7. The van der Waals surface area contributed by atoms with Crippen molar-refractivity contribution in [3.05, 3.63) is 18.2 Å². The predicted molar refractivity (Wildman–Crippen MR) is 75.5 cm³/mol. The maximum absolute atomic E-state index is 9.66. The topological polar surface area (TPSA) is 76.7 Å². The van der Waals surface area contributed by atoms with Gasteiger partial charge in [0.1, 0.15) is 5.75 Å².